The summed E-state index contributed by atoms with van der Waals surface area (Å²) in [4.78, 5) is 16.0. The van der Waals surface area contributed by atoms with Crippen molar-refractivity contribution >= 4 is 17.7 Å². The summed E-state index contributed by atoms with van der Waals surface area (Å²) in [5, 5.41) is 0.224. The van der Waals surface area contributed by atoms with E-state index in [9.17, 15) is 4.79 Å². The second-order valence-corrected chi connectivity index (χ2v) is 7.29. The van der Waals surface area contributed by atoms with Gasteiger partial charge in [-0.15, -0.1) is 11.8 Å². The van der Waals surface area contributed by atoms with Crippen molar-refractivity contribution in [2.75, 3.05) is 31.9 Å². The Hall–Kier alpha value is -1.00. The minimum Gasteiger partial charge on any atom is -0.333 e. The number of benzene rings is 1. The molecule has 0 bridgehead atoms. The van der Waals surface area contributed by atoms with E-state index >= 15 is 0 Å². The molecule has 2 saturated heterocycles. The summed E-state index contributed by atoms with van der Waals surface area (Å²) in [7, 11) is 0. The summed E-state index contributed by atoms with van der Waals surface area (Å²) in [5.74, 6) is 0.940. The Labute approximate surface area is 131 Å². The van der Waals surface area contributed by atoms with Gasteiger partial charge >= 0.3 is 0 Å². The second kappa shape index (κ2) is 6.84. The van der Waals surface area contributed by atoms with Crippen LogP contribution in [0, 0.1) is 6.92 Å². The van der Waals surface area contributed by atoms with Crippen molar-refractivity contribution in [1.82, 2.24) is 4.90 Å². The van der Waals surface area contributed by atoms with Crippen LogP contribution in [0.5, 0.6) is 0 Å². The van der Waals surface area contributed by atoms with Gasteiger partial charge in [-0.25, -0.2) is 0 Å². The van der Waals surface area contributed by atoms with Crippen LogP contribution in [-0.2, 0) is 4.79 Å². The van der Waals surface area contributed by atoms with Crippen LogP contribution in [-0.4, -0.2) is 42.7 Å². The molecule has 0 aliphatic carbocycles. The number of carbonyl (C=O) groups excluding carboxylic acids is 1. The van der Waals surface area contributed by atoms with Crippen LogP contribution in [0.1, 0.15) is 35.8 Å². The molecule has 1 N–H and O–H groups in total. The Kier molecular flexibility index (Phi) is 4.86. The lowest BCUT2D eigenvalue weighted by Gasteiger charge is -2.28. The van der Waals surface area contributed by atoms with Gasteiger partial charge < -0.3 is 9.80 Å². The SMILES string of the molecule is Cc1ccc([C@@H]2SCC(=O)N2CC[NH+]2CCCCC2)cc1. The van der Waals surface area contributed by atoms with Crippen molar-refractivity contribution in [2.24, 2.45) is 0 Å². The first-order chi connectivity index (χ1) is 10.2. The van der Waals surface area contributed by atoms with Gasteiger partial charge in [-0.1, -0.05) is 29.8 Å². The maximum Gasteiger partial charge on any atom is 0.234 e. The molecular weight excluding hydrogens is 280 g/mol. The highest BCUT2D eigenvalue weighted by atomic mass is 32.2. The van der Waals surface area contributed by atoms with E-state index in [2.05, 4.69) is 36.1 Å². The molecular formula is C17H25N2OS+. The molecule has 2 aliphatic rings. The van der Waals surface area contributed by atoms with Crippen molar-refractivity contribution in [3.63, 3.8) is 0 Å². The van der Waals surface area contributed by atoms with Gasteiger partial charge in [-0.05, 0) is 31.7 Å². The minimum atomic E-state index is 0.224. The zero-order valence-corrected chi connectivity index (χ0v) is 13.6. The van der Waals surface area contributed by atoms with Crippen LogP contribution in [0.25, 0.3) is 0 Å². The number of amides is 1. The van der Waals surface area contributed by atoms with Gasteiger partial charge in [0.15, 0.2) is 0 Å². The summed E-state index contributed by atoms with van der Waals surface area (Å²) in [6.07, 6.45) is 4.08. The van der Waals surface area contributed by atoms with E-state index in [-0.39, 0.29) is 5.37 Å². The average Bonchev–Trinajstić information content (AvgIpc) is 2.88. The molecule has 0 aromatic heterocycles. The molecule has 1 aromatic carbocycles. The number of rotatable bonds is 4. The summed E-state index contributed by atoms with van der Waals surface area (Å²) in [5.41, 5.74) is 2.54. The molecule has 0 saturated carbocycles. The number of nitrogens with zero attached hydrogens (tertiary/aromatic N) is 1. The van der Waals surface area contributed by atoms with Crippen molar-refractivity contribution in [1.29, 1.82) is 0 Å². The first-order valence-electron chi connectivity index (χ1n) is 8.05. The fourth-order valence-corrected chi connectivity index (χ4v) is 4.50. The number of hydrogen-bond acceptors (Lipinski definition) is 2. The lowest BCUT2D eigenvalue weighted by atomic mass is 10.1. The highest BCUT2D eigenvalue weighted by Crippen LogP contribution is 2.38. The van der Waals surface area contributed by atoms with Crippen LogP contribution in [0.2, 0.25) is 0 Å². The maximum atomic E-state index is 12.2. The number of piperidine rings is 1. The number of aryl methyl sites for hydroxylation is 1. The van der Waals surface area contributed by atoms with Gasteiger partial charge in [0.25, 0.3) is 0 Å². The third kappa shape index (κ3) is 3.61. The van der Waals surface area contributed by atoms with Crippen molar-refractivity contribution in [3.8, 4) is 0 Å². The van der Waals surface area contributed by atoms with Crippen LogP contribution in [0.4, 0.5) is 0 Å². The molecule has 2 fully saturated rings. The van der Waals surface area contributed by atoms with Crippen LogP contribution in [0.3, 0.4) is 0 Å². The number of nitrogens with one attached hydrogen (secondary N) is 1. The van der Waals surface area contributed by atoms with Gasteiger partial charge in [0.2, 0.25) is 5.91 Å². The molecule has 21 heavy (non-hydrogen) atoms. The third-order valence-corrected chi connectivity index (χ3v) is 5.85. The molecule has 0 radical (unpaired) electrons. The third-order valence-electron chi connectivity index (χ3n) is 4.60. The Morgan fingerprint density at radius 2 is 1.90 bits per heavy atom. The van der Waals surface area contributed by atoms with Crippen LogP contribution < -0.4 is 4.90 Å². The topological polar surface area (TPSA) is 24.8 Å². The molecule has 0 unspecified atom stereocenters. The van der Waals surface area contributed by atoms with Crippen molar-refractivity contribution in [2.45, 2.75) is 31.6 Å². The Morgan fingerprint density at radius 3 is 2.62 bits per heavy atom. The van der Waals surface area contributed by atoms with E-state index in [0.29, 0.717) is 11.7 Å². The molecule has 1 amide bonds. The molecule has 1 atom stereocenters. The summed E-state index contributed by atoms with van der Waals surface area (Å²) >= 11 is 1.77. The number of thioether (sulfide) groups is 1. The first-order valence-corrected chi connectivity index (χ1v) is 9.10. The van der Waals surface area contributed by atoms with Gasteiger partial charge in [0.1, 0.15) is 5.37 Å². The summed E-state index contributed by atoms with van der Waals surface area (Å²) < 4.78 is 0. The van der Waals surface area contributed by atoms with Crippen molar-refractivity contribution in [3.05, 3.63) is 35.4 Å². The zero-order valence-electron chi connectivity index (χ0n) is 12.8. The zero-order chi connectivity index (χ0) is 14.7. The van der Waals surface area contributed by atoms with Crippen LogP contribution >= 0.6 is 11.8 Å². The van der Waals surface area contributed by atoms with E-state index in [0.717, 1.165) is 13.1 Å². The largest absolute Gasteiger partial charge is 0.333 e. The second-order valence-electron chi connectivity index (χ2n) is 6.22. The Morgan fingerprint density at radius 1 is 1.19 bits per heavy atom. The van der Waals surface area contributed by atoms with E-state index in [1.807, 2.05) is 0 Å². The average molecular weight is 305 g/mol. The molecule has 0 spiro atoms. The first kappa shape index (κ1) is 14.9. The number of quaternary nitrogens is 1. The van der Waals surface area contributed by atoms with E-state index in [1.54, 1.807) is 16.7 Å². The van der Waals surface area contributed by atoms with E-state index < -0.39 is 0 Å². The Balaban J connectivity index is 1.63. The highest BCUT2D eigenvalue weighted by molar-refractivity contribution is 8.00. The molecule has 3 rings (SSSR count). The highest BCUT2D eigenvalue weighted by Gasteiger charge is 2.33. The molecule has 2 heterocycles. The quantitative estimate of drug-likeness (QED) is 0.915. The lowest BCUT2D eigenvalue weighted by Crippen LogP contribution is -3.13. The number of likely N-dealkylation sites (tertiary alicyclic amines) is 1. The normalized spacial score (nSPS) is 23.8. The van der Waals surface area contributed by atoms with Crippen LogP contribution in [0.15, 0.2) is 24.3 Å². The summed E-state index contributed by atoms with van der Waals surface area (Å²) in [6, 6.07) is 8.64. The van der Waals surface area contributed by atoms with Gasteiger partial charge in [-0.3, -0.25) is 4.79 Å². The number of hydrogen-bond donors (Lipinski definition) is 1. The molecule has 4 heteroatoms. The Bertz CT molecular complexity index is 482. The lowest BCUT2D eigenvalue weighted by molar-refractivity contribution is -0.904. The van der Waals surface area contributed by atoms with Crippen molar-refractivity contribution < 1.29 is 9.69 Å². The summed E-state index contributed by atoms with van der Waals surface area (Å²) in [6.45, 7) is 6.68. The maximum absolute atomic E-state index is 12.2. The van der Waals surface area contributed by atoms with Gasteiger partial charge in [-0.2, -0.15) is 0 Å². The number of carbonyl (C=O) groups is 1. The predicted molar refractivity (Wildman–Crippen MR) is 87.5 cm³/mol. The van der Waals surface area contributed by atoms with E-state index in [1.165, 1.54) is 43.5 Å². The molecule has 2 aliphatic heterocycles. The standard InChI is InChI=1S/C17H24N2OS/c1-14-5-7-15(8-6-14)17-19(16(20)13-21-17)12-11-18-9-3-2-4-10-18/h5-8,17H,2-4,9-13H2,1H3/p+1/t17-/m0/s1. The smallest absolute Gasteiger partial charge is 0.234 e. The van der Waals surface area contributed by atoms with Gasteiger partial charge in [0.05, 0.1) is 31.9 Å². The fourth-order valence-electron chi connectivity index (χ4n) is 3.28. The molecule has 3 nitrogen and oxygen atoms in total. The van der Waals surface area contributed by atoms with Gasteiger partial charge in [0, 0.05) is 0 Å². The molecule has 1 aromatic rings. The van der Waals surface area contributed by atoms with E-state index in [4.69, 9.17) is 0 Å². The fraction of sp³-hybridized carbons (Fsp3) is 0.588. The monoisotopic (exact) mass is 305 g/mol. The predicted octanol–water partition coefficient (Wildman–Crippen LogP) is 1.64. The minimum absolute atomic E-state index is 0.224. The molecule has 114 valence electrons.